The van der Waals surface area contributed by atoms with Crippen LogP contribution in [-0.2, 0) is 26.1 Å². The average Bonchev–Trinajstić information content (AvgIpc) is 3.29. The lowest BCUT2D eigenvalue weighted by Crippen LogP contribution is -2.37. The fraction of sp³-hybridized carbons (Fsp3) is 0.700. The molecule has 0 heterocycles. The number of benzene rings is 2. The molecule has 2 unspecified atom stereocenters. The van der Waals surface area contributed by atoms with Gasteiger partial charge in [-0.3, -0.25) is 0 Å². The third-order valence-corrected chi connectivity index (χ3v) is 11.1. The maximum atomic E-state index is 7.31. The Bertz CT molecular complexity index is 1090. The highest BCUT2D eigenvalue weighted by Gasteiger charge is 2.48. The number of hydrogen-bond donors (Lipinski definition) is 0. The number of unbranched alkanes of at least 4 members (excludes halogenated alkanes) is 2. The molecule has 2 heteroatoms. The first-order valence-electron chi connectivity index (χ1n) is 17.7. The molecule has 2 aromatic rings. The van der Waals surface area contributed by atoms with E-state index in [0.717, 1.165) is 45.3 Å². The van der Waals surface area contributed by atoms with Gasteiger partial charge in [0.05, 0.1) is 13.2 Å². The highest BCUT2D eigenvalue weighted by molar-refractivity contribution is 5.80. The van der Waals surface area contributed by atoms with Crippen molar-refractivity contribution in [3.8, 4) is 11.1 Å². The van der Waals surface area contributed by atoms with E-state index in [2.05, 4.69) is 106 Å². The van der Waals surface area contributed by atoms with Gasteiger partial charge in [0, 0.05) is 11.1 Å². The Morgan fingerprint density at radius 1 is 0.619 bits per heavy atom. The lowest BCUT2D eigenvalue weighted by Gasteiger charge is -2.37. The second-order valence-electron chi connectivity index (χ2n) is 14.1. The van der Waals surface area contributed by atoms with E-state index < -0.39 is 5.79 Å². The van der Waals surface area contributed by atoms with Gasteiger partial charge in [-0.15, -0.1) is 0 Å². The standard InChI is InChI=1S/C40H64O2/c1-11-18-20-30(13-3)28-41-40(42-29-31(14-4)21-19-12-2)36-26-32(38(8,9)15-5)22-24-34(36)35-25-23-33(27-37(35)40)39(10,16-6)17-7/h22-27,30-31H,11-21,28-29H2,1-10H3. The minimum Gasteiger partial charge on any atom is -0.342 e. The van der Waals surface area contributed by atoms with Gasteiger partial charge in [0.25, 0.3) is 0 Å². The van der Waals surface area contributed by atoms with Crippen LogP contribution in [0.4, 0.5) is 0 Å². The summed E-state index contributed by atoms with van der Waals surface area (Å²) in [7, 11) is 0. The molecular weight excluding hydrogens is 512 g/mol. The second kappa shape index (κ2) is 15.4. The fourth-order valence-corrected chi connectivity index (χ4v) is 6.53. The Kier molecular flexibility index (Phi) is 12.8. The molecule has 0 aromatic heterocycles. The molecule has 2 nitrogen and oxygen atoms in total. The topological polar surface area (TPSA) is 18.5 Å². The molecule has 2 aromatic carbocycles. The molecule has 0 radical (unpaired) electrons. The molecule has 3 rings (SSSR count). The van der Waals surface area contributed by atoms with Gasteiger partial charge < -0.3 is 9.47 Å². The Labute approximate surface area is 260 Å². The van der Waals surface area contributed by atoms with Crippen molar-refractivity contribution in [1.29, 1.82) is 0 Å². The van der Waals surface area contributed by atoms with E-state index >= 15 is 0 Å². The first-order valence-corrected chi connectivity index (χ1v) is 17.7. The summed E-state index contributed by atoms with van der Waals surface area (Å²) in [4.78, 5) is 0. The Hall–Kier alpha value is -1.64. The molecule has 0 fully saturated rings. The van der Waals surface area contributed by atoms with Gasteiger partial charge in [-0.05, 0) is 89.2 Å². The van der Waals surface area contributed by atoms with Gasteiger partial charge in [0.1, 0.15) is 0 Å². The van der Waals surface area contributed by atoms with Gasteiger partial charge >= 0.3 is 0 Å². The number of ether oxygens (including phenoxy) is 2. The predicted octanol–water partition coefficient (Wildman–Crippen LogP) is 12.1. The summed E-state index contributed by atoms with van der Waals surface area (Å²) in [5.74, 6) is 0.201. The van der Waals surface area contributed by atoms with Gasteiger partial charge in [-0.2, -0.15) is 0 Å². The third kappa shape index (κ3) is 7.35. The monoisotopic (exact) mass is 576 g/mol. The zero-order chi connectivity index (χ0) is 31.0. The first-order chi connectivity index (χ1) is 20.1. The first kappa shape index (κ1) is 34.8. The van der Waals surface area contributed by atoms with Crippen LogP contribution < -0.4 is 0 Å². The highest BCUT2D eigenvalue weighted by atomic mass is 16.7. The molecule has 42 heavy (non-hydrogen) atoms. The average molecular weight is 577 g/mol. The normalized spacial score (nSPS) is 18.1. The summed E-state index contributed by atoms with van der Waals surface area (Å²) in [6.45, 7) is 24.8. The van der Waals surface area contributed by atoms with Crippen LogP contribution in [0, 0.1) is 11.8 Å². The van der Waals surface area contributed by atoms with E-state index in [9.17, 15) is 0 Å². The molecule has 0 saturated heterocycles. The predicted molar refractivity (Wildman–Crippen MR) is 182 cm³/mol. The van der Waals surface area contributed by atoms with E-state index in [-0.39, 0.29) is 10.8 Å². The zero-order valence-electron chi connectivity index (χ0n) is 29.1. The minimum absolute atomic E-state index is 0.0872. The summed E-state index contributed by atoms with van der Waals surface area (Å²) in [5, 5.41) is 0. The summed E-state index contributed by atoms with van der Waals surface area (Å²) >= 11 is 0. The summed E-state index contributed by atoms with van der Waals surface area (Å²) < 4.78 is 14.6. The lowest BCUT2D eigenvalue weighted by atomic mass is 9.77. The quantitative estimate of drug-likeness (QED) is 0.155. The molecule has 0 bridgehead atoms. The van der Waals surface area contributed by atoms with E-state index in [1.54, 1.807) is 0 Å². The number of fused-ring (bicyclic) bond motifs is 3. The molecule has 0 aliphatic heterocycles. The number of rotatable bonds is 19. The van der Waals surface area contributed by atoms with Crippen LogP contribution in [0.1, 0.15) is 162 Å². The summed E-state index contributed by atoms with van der Waals surface area (Å²) in [5.41, 5.74) is 8.01. The van der Waals surface area contributed by atoms with Crippen LogP contribution in [0.3, 0.4) is 0 Å². The maximum absolute atomic E-state index is 7.31. The Morgan fingerprint density at radius 3 is 1.48 bits per heavy atom. The van der Waals surface area contributed by atoms with Gasteiger partial charge in [0.15, 0.2) is 0 Å². The molecule has 0 amide bonds. The van der Waals surface area contributed by atoms with E-state index in [4.69, 9.17) is 9.47 Å². The van der Waals surface area contributed by atoms with E-state index in [0.29, 0.717) is 11.8 Å². The van der Waals surface area contributed by atoms with Crippen molar-refractivity contribution in [1.82, 2.24) is 0 Å². The minimum atomic E-state index is -0.873. The smallest absolute Gasteiger partial charge is 0.223 e. The Morgan fingerprint density at radius 2 is 1.07 bits per heavy atom. The van der Waals surface area contributed by atoms with Crippen molar-refractivity contribution < 1.29 is 9.47 Å². The molecule has 236 valence electrons. The van der Waals surface area contributed by atoms with E-state index in [1.807, 2.05) is 0 Å². The van der Waals surface area contributed by atoms with Crippen LogP contribution >= 0.6 is 0 Å². The number of hydrogen-bond acceptors (Lipinski definition) is 2. The third-order valence-electron chi connectivity index (χ3n) is 11.1. The van der Waals surface area contributed by atoms with E-state index in [1.165, 1.54) is 71.9 Å². The molecule has 1 aliphatic carbocycles. The largest absolute Gasteiger partial charge is 0.342 e. The van der Waals surface area contributed by atoms with Crippen molar-refractivity contribution in [2.45, 2.75) is 156 Å². The molecule has 2 atom stereocenters. The second-order valence-corrected chi connectivity index (χ2v) is 14.1. The van der Waals surface area contributed by atoms with Crippen LogP contribution in [0.5, 0.6) is 0 Å². The van der Waals surface area contributed by atoms with Gasteiger partial charge in [0.2, 0.25) is 5.79 Å². The van der Waals surface area contributed by atoms with Crippen molar-refractivity contribution in [3.63, 3.8) is 0 Å². The van der Waals surface area contributed by atoms with Crippen LogP contribution in [-0.4, -0.2) is 13.2 Å². The highest BCUT2D eigenvalue weighted by Crippen LogP contribution is 2.53. The fourth-order valence-electron chi connectivity index (χ4n) is 6.53. The Balaban J connectivity index is 2.25. The van der Waals surface area contributed by atoms with Crippen molar-refractivity contribution >= 4 is 0 Å². The molecule has 0 N–H and O–H groups in total. The van der Waals surface area contributed by atoms with Crippen LogP contribution in [0.15, 0.2) is 36.4 Å². The molecule has 1 aliphatic rings. The molecule has 0 saturated carbocycles. The summed E-state index contributed by atoms with van der Waals surface area (Å²) in [6, 6.07) is 14.4. The summed E-state index contributed by atoms with van der Waals surface area (Å²) in [6.07, 6.45) is 13.0. The SMILES string of the molecule is CCCCC(CC)COC1(OCC(CC)CCCC)c2cc(C(C)(C)CC)ccc2-c2ccc(C(C)(CC)CC)cc21. The van der Waals surface area contributed by atoms with Crippen molar-refractivity contribution in [3.05, 3.63) is 58.7 Å². The maximum Gasteiger partial charge on any atom is 0.223 e. The van der Waals surface area contributed by atoms with Crippen molar-refractivity contribution in [2.75, 3.05) is 13.2 Å². The lowest BCUT2D eigenvalue weighted by molar-refractivity contribution is -0.228. The van der Waals surface area contributed by atoms with Gasteiger partial charge in [-0.25, -0.2) is 0 Å². The molecule has 0 spiro atoms. The van der Waals surface area contributed by atoms with Crippen molar-refractivity contribution in [2.24, 2.45) is 11.8 Å². The van der Waals surface area contributed by atoms with Gasteiger partial charge in [-0.1, -0.05) is 132 Å². The molecular formula is C40H64O2. The zero-order valence-corrected chi connectivity index (χ0v) is 29.1. The van der Waals surface area contributed by atoms with Crippen LogP contribution in [0.25, 0.3) is 11.1 Å². The van der Waals surface area contributed by atoms with Crippen LogP contribution in [0.2, 0.25) is 0 Å².